The van der Waals surface area contributed by atoms with E-state index in [1.165, 1.54) is 12.1 Å². The molecule has 3 nitrogen and oxygen atoms in total. The van der Waals surface area contributed by atoms with Crippen LogP contribution in [0.25, 0.3) is 0 Å². The van der Waals surface area contributed by atoms with Gasteiger partial charge in [0, 0.05) is 5.92 Å². The quantitative estimate of drug-likeness (QED) is 0.761. The maximum Gasteiger partial charge on any atom is 0.296 e. The van der Waals surface area contributed by atoms with Crippen molar-refractivity contribution < 1.29 is 17.0 Å². The van der Waals surface area contributed by atoms with Crippen molar-refractivity contribution in [1.29, 1.82) is 0 Å². The molecule has 1 aliphatic rings. The molecule has 2 rings (SSSR count). The summed E-state index contributed by atoms with van der Waals surface area (Å²) in [6.45, 7) is 1.81. The van der Waals surface area contributed by atoms with Gasteiger partial charge in [0.2, 0.25) is 0 Å². The zero-order valence-corrected chi connectivity index (χ0v) is 9.71. The number of hydrogen-bond donors (Lipinski definition) is 0. The molecule has 0 radical (unpaired) electrons. The highest BCUT2D eigenvalue weighted by atomic mass is 32.2. The standard InChI is InChI=1S/C11H13FO3S/c1-8-2-4-10(5-3-8)16(13,14)15-7-9-6-11(9)12/h2-5,9,11H,6-7H2,1H3/t9-,11+/m0/s1. The molecule has 0 saturated heterocycles. The minimum Gasteiger partial charge on any atom is -0.266 e. The Balaban J connectivity index is 2.03. The second-order valence-corrected chi connectivity index (χ2v) is 5.68. The Bertz CT molecular complexity index is 467. The van der Waals surface area contributed by atoms with Gasteiger partial charge in [-0.2, -0.15) is 8.42 Å². The normalized spacial score (nSPS) is 24.4. The number of hydrogen-bond acceptors (Lipinski definition) is 3. The molecule has 0 aromatic heterocycles. The lowest BCUT2D eigenvalue weighted by atomic mass is 10.2. The van der Waals surface area contributed by atoms with E-state index in [2.05, 4.69) is 0 Å². The maximum absolute atomic E-state index is 12.5. The molecule has 1 aromatic rings. The van der Waals surface area contributed by atoms with E-state index < -0.39 is 16.3 Å². The van der Waals surface area contributed by atoms with Crippen LogP contribution in [0.3, 0.4) is 0 Å². The second kappa shape index (κ2) is 4.14. The first-order valence-corrected chi connectivity index (χ1v) is 6.50. The Morgan fingerprint density at radius 2 is 1.94 bits per heavy atom. The van der Waals surface area contributed by atoms with Gasteiger partial charge in [-0.05, 0) is 25.5 Å². The Morgan fingerprint density at radius 1 is 1.38 bits per heavy atom. The average molecular weight is 244 g/mol. The summed E-state index contributed by atoms with van der Waals surface area (Å²) in [5.74, 6) is -0.250. The molecule has 0 aliphatic heterocycles. The molecule has 2 atom stereocenters. The summed E-state index contributed by atoms with van der Waals surface area (Å²) in [5.41, 5.74) is 0.977. The summed E-state index contributed by atoms with van der Waals surface area (Å²) in [7, 11) is -3.72. The molecule has 0 spiro atoms. The highest BCUT2D eigenvalue weighted by Gasteiger charge is 2.38. The third kappa shape index (κ3) is 2.59. The fourth-order valence-corrected chi connectivity index (χ4v) is 2.29. The van der Waals surface area contributed by atoms with Crippen molar-refractivity contribution in [3.63, 3.8) is 0 Å². The number of alkyl halides is 1. The third-order valence-corrected chi connectivity index (χ3v) is 3.88. The van der Waals surface area contributed by atoms with Crippen molar-refractivity contribution >= 4 is 10.1 Å². The maximum atomic E-state index is 12.5. The van der Waals surface area contributed by atoms with E-state index in [0.29, 0.717) is 6.42 Å². The molecule has 5 heteroatoms. The number of aryl methyl sites for hydroxylation is 1. The first-order chi connectivity index (χ1) is 7.49. The number of benzene rings is 1. The van der Waals surface area contributed by atoms with Crippen LogP contribution in [0, 0.1) is 12.8 Å². The lowest BCUT2D eigenvalue weighted by Crippen LogP contribution is -2.09. The van der Waals surface area contributed by atoms with Crippen molar-refractivity contribution in [2.75, 3.05) is 6.61 Å². The first kappa shape index (κ1) is 11.5. The van der Waals surface area contributed by atoms with Crippen molar-refractivity contribution in [1.82, 2.24) is 0 Å². The second-order valence-electron chi connectivity index (χ2n) is 4.06. The predicted molar refractivity (Wildman–Crippen MR) is 57.3 cm³/mol. The van der Waals surface area contributed by atoms with E-state index in [1.54, 1.807) is 12.1 Å². The molecule has 0 unspecified atom stereocenters. The molecular formula is C11H13FO3S. The number of halogens is 1. The molecule has 1 aliphatic carbocycles. The molecule has 16 heavy (non-hydrogen) atoms. The predicted octanol–water partition coefficient (Wildman–Crippen LogP) is 2.06. The largest absolute Gasteiger partial charge is 0.296 e. The summed E-state index contributed by atoms with van der Waals surface area (Å²) in [5, 5.41) is 0. The van der Waals surface area contributed by atoms with Gasteiger partial charge < -0.3 is 0 Å². The van der Waals surface area contributed by atoms with Gasteiger partial charge in [0.25, 0.3) is 10.1 Å². The van der Waals surface area contributed by atoms with Crippen molar-refractivity contribution in [2.24, 2.45) is 5.92 Å². The highest BCUT2D eigenvalue weighted by Crippen LogP contribution is 2.34. The van der Waals surface area contributed by atoms with Gasteiger partial charge in [-0.25, -0.2) is 4.39 Å². The lowest BCUT2D eigenvalue weighted by molar-refractivity contribution is 0.283. The van der Waals surface area contributed by atoms with Crippen LogP contribution in [-0.2, 0) is 14.3 Å². The molecule has 0 N–H and O–H groups in total. The Morgan fingerprint density at radius 3 is 2.44 bits per heavy atom. The van der Waals surface area contributed by atoms with E-state index in [4.69, 9.17) is 4.18 Å². The van der Waals surface area contributed by atoms with Crippen LogP contribution in [-0.4, -0.2) is 21.2 Å². The van der Waals surface area contributed by atoms with E-state index in [-0.39, 0.29) is 17.4 Å². The van der Waals surface area contributed by atoms with Crippen LogP contribution in [0.2, 0.25) is 0 Å². The Hall–Kier alpha value is -0.940. The SMILES string of the molecule is Cc1ccc(S(=O)(=O)OC[C@@H]2C[C@H]2F)cc1. The molecule has 0 heterocycles. The Kier molecular flexibility index (Phi) is 2.99. The van der Waals surface area contributed by atoms with Gasteiger partial charge in [0.1, 0.15) is 6.17 Å². The highest BCUT2D eigenvalue weighted by molar-refractivity contribution is 7.86. The van der Waals surface area contributed by atoms with E-state index in [9.17, 15) is 12.8 Å². The summed E-state index contributed by atoms with van der Waals surface area (Å²) in [6.07, 6.45) is -0.489. The van der Waals surface area contributed by atoms with Gasteiger partial charge in [0.15, 0.2) is 0 Å². The summed E-state index contributed by atoms with van der Waals surface area (Å²) in [4.78, 5) is 0.120. The molecule has 88 valence electrons. The summed E-state index contributed by atoms with van der Waals surface area (Å²) >= 11 is 0. The van der Waals surface area contributed by atoms with E-state index in [1.807, 2.05) is 6.92 Å². The zero-order valence-electron chi connectivity index (χ0n) is 8.89. The van der Waals surface area contributed by atoms with Gasteiger partial charge in [0.05, 0.1) is 11.5 Å². The average Bonchev–Trinajstić information content (AvgIpc) is 2.93. The summed E-state index contributed by atoms with van der Waals surface area (Å²) in [6, 6.07) is 6.38. The van der Waals surface area contributed by atoms with Crippen LogP contribution in [0.15, 0.2) is 29.2 Å². The van der Waals surface area contributed by atoms with Crippen molar-refractivity contribution in [3.8, 4) is 0 Å². The fraction of sp³-hybridized carbons (Fsp3) is 0.455. The van der Waals surface area contributed by atoms with Crippen LogP contribution in [0.4, 0.5) is 4.39 Å². The number of rotatable bonds is 4. The van der Waals surface area contributed by atoms with Gasteiger partial charge in [-0.3, -0.25) is 4.18 Å². The monoisotopic (exact) mass is 244 g/mol. The van der Waals surface area contributed by atoms with Gasteiger partial charge in [-0.15, -0.1) is 0 Å². The molecule has 0 bridgehead atoms. The molecule has 1 saturated carbocycles. The molecule has 1 aromatic carbocycles. The zero-order chi connectivity index (χ0) is 11.8. The van der Waals surface area contributed by atoms with Crippen molar-refractivity contribution in [2.45, 2.75) is 24.4 Å². The topological polar surface area (TPSA) is 43.4 Å². The minimum atomic E-state index is -3.72. The lowest BCUT2D eigenvalue weighted by Gasteiger charge is -2.04. The fourth-order valence-electron chi connectivity index (χ4n) is 1.33. The summed E-state index contributed by atoms with van der Waals surface area (Å²) < 4.78 is 40.6. The Labute approximate surface area is 94.4 Å². The van der Waals surface area contributed by atoms with Crippen LogP contribution in [0.5, 0.6) is 0 Å². The molecular weight excluding hydrogens is 231 g/mol. The van der Waals surface area contributed by atoms with Crippen molar-refractivity contribution in [3.05, 3.63) is 29.8 Å². The van der Waals surface area contributed by atoms with Gasteiger partial charge >= 0.3 is 0 Å². The van der Waals surface area contributed by atoms with Crippen LogP contribution < -0.4 is 0 Å². The van der Waals surface area contributed by atoms with Gasteiger partial charge in [-0.1, -0.05) is 17.7 Å². The van der Waals surface area contributed by atoms with Crippen LogP contribution >= 0.6 is 0 Å². The molecule has 0 amide bonds. The first-order valence-electron chi connectivity index (χ1n) is 5.09. The molecule has 1 fully saturated rings. The van der Waals surface area contributed by atoms with Crippen LogP contribution in [0.1, 0.15) is 12.0 Å². The minimum absolute atomic E-state index is 0.0582. The van der Waals surface area contributed by atoms with E-state index in [0.717, 1.165) is 5.56 Å². The third-order valence-electron chi connectivity index (χ3n) is 2.58. The van der Waals surface area contributed by atoms with E-state index >= 15 is 0 Å². The smallest absolute Gasteiger partial charge is 0.266 e.